The number of carboxylic acids is 1. The van der Waals surface area contributed by atoms with E-state index >= 15 is 0 Å². The van der Waals surface area contributed by atoms with Gasteiger partial charge in [0.2, 0.25) is 5.91 Å². The number of quaternary nitrogens is 1. The van der Waals surface area contributed by atoms with Crippen molar-refractivity contribution in [2.75, 3.05) is 13.1 Å². The van der Waals surface area contributed by atoms with Crippen LogP contribution in [0, 0.1) is 0 Å². The number of amides is 1. The molecule has 1 aliphatic rings. The van der Waals surface area contributed by atoms with Gasteiger partial charge in [-0.3, -0.25) is 9.59 Å². The summed E-state index contributed by atoms with van der Waals surface area (Å²) in [5.41, 5.74) is 10.9. The third kappa shape index (κ3) is 4.33. The van der Waals surface area contributed by atoms with Crippen molar-refractivity contribution >= 4 is 18.1 Å². The summed E-state index contributed by atoms with van der Waals surface area (Å²) in [5.74, 6) is -1.47. The van der Waals surface area contributed by atoms with E-state index < -0.39 is 17.9 Å². The average molecular weight is 241 g/mol. The standard InChI is InChI=1S/C10H16N4O3/c11-8(10(16)17)2-1-4-14-5-3-7(6-13-14)9(12)15/h3,6,8H,1-2,4-5,11H2,(H2,12,15)(H,16,17)/p+1/t8-/m0/s1. The van der Waals surface area contributed by atoms with Crippen LogP contribution in [0.5, 0.6) is 0 Å². The van der Waals surface area contributed by atoms with E-state index in [0.29, 0.717) is 31.5 Å². The number of carboxylic acid groups (broad SMARTS) is 1. The zero-order chi connectivity index (χ0) is 12.8. The molecule has 2 atom stereocenters. The van der Waals surface area contributed by atoms with E-state index in [2.05, 4.69) is 5.10 Å². The lowest BCUT2D eigenvalue weighted by atomic mass is 10.1. The summed E-state index contributed by atoms with van der Waals surface area (Å²) in [5, 5.41) is 13.6. The monoisotopic (exact) mass is 241 g/mol. The van der Waals surface area contributed by atoms with Gasteiger partial charge >= 0.3 is 5.97 Å². The molecule has 0 aromatic heterocycles. The zero-order valence-corrected chi connectivity index (χ0v) is 9.43. The second kappa shape index (κ2) is 6.12. The number of carbonyl (C=O) groups is 2. The van der Waals surface area contributed by atoms with Gasteiger partial charge in [0, 0.05) is 6.42 Å². The summed E-state index contributed by atoms with van der Waals surface area (Å²) < 4.78 is 0. The van der Waals surface area contributed by atoms with Crippen LogP contribution in [0.2, 0.25) is 0 Å². The third-order valence-corrected chi connectivity index (χ3v) is 2.53. The average Bonchev–Trinajstić information content (AvgIpc) is 2.29. The number of carbonyl (C=O) groups excluding carboxylic acids is 1. The van der Waals surface area contributed by atoms with Crippen LogP contribution in [0.4, 0.5) is 0 Å². The maximum atomic E-state index is 10.8. The first-order chi connectivity index (χ1) is 8.00. The van der Waals surface area contributed by atoms with Crippen LogP contribution in [0.1, 0.15) is 12.8 Å². The Kier molecular flexibility index (Phi) is 4.80. The molecule has 0 aliphatic carbocycles. The van der Waals surface area contributed by atoms with E-state index in [9.17, 15) is 9.59 Å². The summed E-state index contributed by atoms with van der Waals surface area (Å²) in [7, 11) is 0. The van der Waals surface area contributed by atoms with Crippen LogP contribution in [-0.4, -0.2) is 42.3 Å². The highest BCUT2D eigenvalue weighted by Crippen LogP contribution is 1.93. The van der Waals surface area contributed by atoms with E-state index in [0.717, 1.165) is 5.01 Å². The van der Waals surface area contributed by atoms with Gasteiger partial charge < -0.3 is 16.6 Å². The molecule has 0 aromatic carbocycles. The molecule has 1 heterocycles. The second-order valence-electron chi connectivity index (χ2n) is 3.89. The van der Waals surface area contributed by atoms with E-state index in [-0.39, 0.29) is 0 Å². The SMILES string of the molecule is NC(=O)C1=CC[NH+](CCC[C@H](N)C(=O)O)N=C1. The van der Waals surface area contributed by atoms with Crippen molar-refractivity contribution in [2.24, 2.45) is 16.6 Å². The predicted octanol–water partition coefficient (Wildman–Crippen LogP) is -2.53. The van der Waals surface area contributed by atoms with Crippen LogP contribution in [0.3, 0.4) is 0 Å². The Bertz CT molecular complexity index is 365. The molecule has 7 nitrogen and oxygen atoms in total. The van der Waals surface area contributed by atoms with Crippen molar-refractivity contribution in [2.45, 2.75) is 18.9 Å². The molecule has 1 aliphatic heterocycles. The lowest BCUT2D eigenvalue weighted by Gasteiger charge is -2.14. The van der Waals surface area contributed by atoms with Gasteiger partial charge in [0.05, 0.1) is 11.8 Å². The number of nitrogens with two attached hydrogens (primary N) is 2. The van der Waals surface area contributed by atoms with Crippen molar-refractivity contribution in [3.8, 4) is 0 Å². The molecule has 94 valence electrons. The Labute approximate surface area is 98.8 Å². The Morgan fingerprint density at radius 1 is 1.59 bits per heavy atom. The van der Waals surface area contributed by atoms with Gasteiger partial charge in [-0.15, -0.1) is 0 Å². The van der Waals surface area contributed by atoms with Crippen LogP contribution in [0.25, 0.3) is 0 Å². The fourth-order valence-corrected chi connectivity index (χ4v) is 1.47. The van der Waals surface area contributed by atoms with Gasteiger partial charge in [-0.1, -0.05) is 5.10 Å². The molecule has 0 fully saturated rings. The molecule has 1 unspecified atom stereocenters. The number of hydrogen-bond acceptors (Lipinski definition) is 4. The predicted molar refractivity (Wildman–Crippen MR) is 61.3 cm³/mol. The molecule has 0 saturated heterocycles. The minimum Gasteiger partial charge on any atom is -0.480 e. The second-order valence-corrected chi connectivity index (χ2v) is 3.89. The van der Waals surface area contributed by atoms with Gasteiger partial charge in [0.15, 0.2) is 0 Å². The Morgan fingerprint density at radius 2 is 2.29 bits per heavy atom. The lowest BCUT2D eigenvalue weighted by molar-refractivity contribution is -0.901. The number of hydrogen-bond donors (Lipinski definition) is 4. The molecular weight excluding hydrogens is 224 g/mol. The first kappa shape index (κ1) is 13.3. The molecule has 17 heavy (non-hydrogen) atoms. The number of primary amides is 1. The smallest absolute Gasteiger partial charge is 0.320 e. The molecule has 1 rings (SSSR count). The first-order valence-corrected chi connectivity index (χ1v) is 5.38. The van der Waals surface area contributed by atoms with Gasteiger partial charge in [0.1, 0.15) is 19.1 Å². The molecule has 0 bridgehead atoms. The van der Waals surface area contributed by atoms with Gasteiger partial charge in [-0.2, -0.15) is 0 Å². The van der Waals surface area contributed by atoms with Crippen LogP contribution < -0.4 is 16.5 Å². The Hall–Kier alpha value is -1.73. The summed E-state index contributed by atoms with van der Waals surface area (Å²) in [6, 6.07) is -0.820. The minimum atomic E-state index is -0.988. The Morgan fingerprint density at radius 3 is 2.76 bits per heavy atom. The zero-order valence-electron chi connectivity index (χ0n) is 9.43. The fraction of sp³-hybridized carbons (Fsp3) is 0.500. The molecule has 1 amide bonds. The third-order valence-electron chi connectivity index (χ3n) is 2.53. The van der Waals surface area contributed by atoms with Crippen molar-refractivity contribution in [1.82, 2.24) is 0 Å². The maximum Gasteiger partial charge on any atom is 0.320 e. The van der Waals surface area contributed by atoms with E-state index in [1.54, 1.807) is 6.08 Å². The summed E-state index contributed by atoms with van der Waals surface area (Å²) in [6.45, 7) is 1.26. The summed E-state index contributed by atoms with van der Waals surface area (Å²) in [6.07, 6.45) is 4.25. The highest BCUT2D eigenvalue weighted by Gasteiger charge is 2.16. The summed E-state index contributed by atoms with van der Waals surface area (Å²) in [4.78, 5) is 21.3. The number of aliphatic carboxylic acids is 1. The molecule has 0 spiro atoms. The van der Waals surface area contributed by atoms with E-state index in [1.807, 2.05) is 0 Å². The maximum absolute atomic E-state index is 10.8. The van der Waals surface area contributed by atoms with Crippen molar-refractivity contribution in [3.05, 3.63) is 11.6 Å². The van der Waals surface area contributed by atoms with Crippen LogP contribution in [0.15, 0.2) is 16.8 Å². The largest absolute Gasteiger partial charge is 0.480 e. The molecule has 0 aromatic rings. The molecule has 6 N–H and O–H groups in total. The van der Waals surface area contributed by atoms with Gasteiger partial charge in [-0.05, 0) is 12.5 Å². The number of nitrogens with zero attached hydrogens (tertiary/aromatic N) is 1. The lowest BCUT2D eigenvalue weighted by Crippen LogP contribution is -3.07. The van der Waals surface area contributed by atoms with E-state index in [4.69, 9.17) is 16.6 Å². The van der Waals surface area contributed by atoms with E-state index in [1.165, 1.54) is 6.21 Å². The highest BCUT2D eigenvalue weighted by molar-refractivity contribution is 6.11. The quantitative estimate of drug-likeness (QED) is 0.409. The molecular formula is C10H17N4O3+. The Balaban J connectivity index is 2.26. The number of rotatable bonds is 6. The molecule has 0 radical (unpaired) electrons. The van der Waals surface area contributed by atoms with Gasteiger partial charge in [-0.25, -0.2) is 5.01 Å². The topological polar surface area (TPSA) is 123 Å². The first-order valence-electron chi connectivity index (χ1n) is 5.38. The normalized spacial score (nSPS) is 20.8. The fourth-order valence-electron chi connectivity index (χ4n) is 1.47. The number of nitrogens with one attached hydrogen (secondary N) is 1. The summed E-state index contributed by atoms with van der Waals surface area (Å²) >= 11 is 0. The van der Waals surface area contributed by atoms with Crippen molar-refractivity contribution < 1.29 is 19.7 Å². The van der Waals surface area contributed by atoms with Crippen molar-refractivity contribution in [1.29, 1.82) is 0 Å². The molecule has 0 saturated carbocycles. The van der Waals surface area contributed by atoms with Crippen molar-refractivity contribution in [3.63, 3.8) is 0 Å². The van der Waals surface area contributed by atoms with Crippen LogP contribution >= 0.6 is 0 Å². The minimum absolute atomic E-state index is 0.413. The van der Waals surface area contributed by atoms with Gasteiger partial charge in [0.25, 0.3) is 0 Å². The molecule has 7 heteroatoms. The highest BCUT2D eigenvalue weighted by atomic mass is 16.4. The van der Waals surface area contributed by atoms with Crippen LogP contribution in [-0.2, 0) is 9.59 Å².